The molecule has 7 heteroatoms. The van der Waals surface area contributed by atoms with Crippen molar-refractivity contribution >= 4 is 17.7 Å². The fourth-order valence-corrected chi connectivity index (χ4v) is 5.99. The van der Waals surface area contributed by atoms with E-state index in [4.69, 9.17) is 9.73 Å². The van der Waals surface area contributed by atoms with Crippen molar-refractivity contribution in [1.29, 1.82) is 0 Å². The molecule has 0 aromatic carbocycles. The second kappa shape index (κ2) is 12.4. The molecule has 1 aliphatic carbocycles. The van der Waals surface area contributed by atoms with Crippen molar-refractivity contribution in [2.75, 3.05) is 71.0 Å². The van der Waals surface area contributed by atoms with E-state index in [0.717, 1.165) is 45.3 Å². The van der Waals surface area contributed by atoms with Gasteiger partial charge in [0.15, 0.2) is 5.96 Å². The topological polar surface area (TPSA) is 52.1 Å². The third kappa shape index (κ3) is 7.01. The summed E-state index contributed by atoms with van der Waals surface area (Å²) >= 11 is 2.11. The lowest BCUT2D eigenvalue weighted by molar-refractivity contribution is 0.0671. The zero-order chi connectivity index (χ0) is 20.4. The summed E-state index contributed by atoms with van der Waals surface area (Å²) in [6, 6.07) is 0.528. The zero-order valence-corrected chi connectivity index (χ0v) is 19.6. The number of hydrogen-bond donors (Lipinski definition) is 2. The van der Waals surface area contributed by atoms with Gasteiger partial charge in [0.05, 0.1) is 13.2 Å². The number of hydrogen-bond acceptors (Lipinski definition) is 5. The molecule has 3 aliphatic rings. The first-order valence-corrected chi connectivity index (χ1v) is 13.0. The van der Waals surface area contributed by atoms with Crippen LogP contribution in [0.5, 0.6) is 0 Å². The van der Waals surface area contributed by atoms with Crippen LogP contribution in [0.3, 0.4) is 0 Å². The van der Waals surface area contributed by atoms with Gasteiger partial charge in [-0.15, -0.1) is 0 Å². The Hall–Kier alpha value is -0.500. The Balaban J connectivity index is 1.57. The maximum Gasteiger partial charge on any atom is 0.191 e. The predicted molar refractivity (Wildman–Crippen MR) is 125 cm³/mol. The molecule has 0 bridgehead atoms. The monoisotopic (exact) mass is 425 g/mol. The van der Waals surface area contributed by atoms with Gasteiger partial charge in [0.25, 0.3) is 0 Å². The quantitative estimate of drug-likeness (QED) is 0.460. The smallest absolute Gasteiger partial charge is 0.191 e. The minimum atomic E-state index is 0.297. The Labute approximate surface area is 182 Å². The Bertz CT molecular complexity index is 484. The van der Waals surface area contributed by atoms with E-state index in [1.807, 2.05) is 0 Å². The molecule has 0 radical (unpaired) electrons. The molecule has 29 heavy (non-hydrogen) atoms. The molecule has 3 fully saturated rings. The summed E-state index contributed by atoms with van der Waals surface area (Å²) in [5.41, 5.74) is 0.297. The molecule has 0 amide bonds. The average Bonchev–Trinajstić information content (AvgIpc) is 2.78. The van der Waals surface area contributed by atoms with Gasteiger partial charge in [0, 0.05) is 69.5 Å². The predicted octanol–water partition coefficient (Wildman–Crippen LogP) is 2.40. The Kier molecular flexibility index (Phi) is 9.89. The molecule has 2 aliphatic heterocycles. The summed E-state index contributed by atoms with van der Waals surface area (Å²) in [6.45, 7) is 10.7. The van der Waals surface area contributed by atoms with Gasteiger partial charge in [-0.05, 0) is 32.6 Å². The van der Waals surface area contributed by atoms with Crippen molar-refractivity contribution in [3.63, 3.8) is 0 Å². The molecular formula is C22H43N5OS. The minimum absolute atomic E-state index is 0.297. The third-order valence-electron chi connectivity index (χ3n) is 6.88. The molecule has 0 atom stereocenters. The molecule has 2 saturated heterocycles. The van der Waals surface area contributed by atoms with Crippen LogP contribution >= 0.6 is 11.8 Å². The third-order valence-corrected chi connectivity index (χ3v) is 7.82. The summed E-state index contributed by atoms with van der Waals surface area (Å²) in [7, 11) is 1.79. The maximum atomic E-state index is 5.23. The van der Waals surface area contributed by atoms with Crippen molar-refractivity contribution in [3.05, 3.63) is 0 Å². The normalized spacial score (nSPS) is 25.1. The fraction of sp³-hybridized carbons (Fsp3) is 0.955. The van der Waals surface area contributed by atoms with E-state index in [1.54, 1.807) is 7.11 Å². The Morgan fingerprint density at radius 1 is 1.10 bits per heavy atom. The van der Waals surface area contributed by atoms with Crippen LogP contribution in [0.1, 0.15) is 51.9 Å². The standard InChI is InChI=1S/C22H43N5OS/c1-3-23-21(25-20-7-11-26(12-8-20)13-16-28-2)24-19-22(9-5-4-6-10-22)27-14-17-29-18-15-27/h20H,3-19H2,1-2H3,(H2,23,24,25). The van der Waals surface area contributed by atoms with Crippen LogP contribution in [-0.4, -0.2) is 98.4 Å². The van der Waals surface area contributed by atoms with E-state index in [1.165, 1.54) is 69.5 Å². The fourth-order valence-electron chi connectivity index (χ4n) is 5.08. The first kappa shape index (κ1) is 23.2. The van der Waals surface area contributed by atoms with E-state index in [2.05, 4.69) is 39.1 Å². The summed E-state index contributed by atoms with van der Waals surface area (Å²) in [5.74, 6) is 3.59. The number of nitrogens with zero attached hydrogens (tertiary/aromatic N) is 3. The van der Waals surface area contributed by atoms with E-state index < -0.39 is 0 Å². The highest BCUT2D eigenvalue weighted by atomic mass is 32.2. The van der Waals surface area contributed by atoms with E-state index in [-0.39, 0.29) is 0 Å². The highest BCUT2D eigenvalue weighted by Crippen LogP contribution is 2.35. The molecule has 0 unspecified atom stereocenters. The largest absolute Gasteiger partial charge is 0.383 e. The van der Waals surface area contributed by atoms with Crippen molar-refractivity contribution in [2.45, 2.75) is 63.5 Å². The van der Waals surface area contributed by atoms with Gasteiger partial charge in [0.2, 0.25) is 0 Å². The number of likely N-dealkylation sites (tertiary alicyclic amines) is 1. The molecule has 2 N–H and O–H groups in total. The van der Waals surface area contributed by atoms with Crippen LogP contribution in [0.4, 0.5) is 0 Å². The van der Waals surface area contributed by atoms with Gasteiger partial charge in [-0.2, -0.15) is 11.8 Å². The summed E-state index contributed by atoms with van der Waals surface area (Å²) in [5, 5.41) is 7.27. The lowest BCUT2D eigenvalue weighted by atomic mass is 9.80. The zero-order valence-electron chi connectivity index (χ0n) is 18.8. The second-order valence-electron chi connectivity index (χ2n) is 8.83. The molecule has 168 valence electrons. The lowest BCUT2D eigenvalue weighted by Gasteiger charge is -2.47. The molecule has 2 heterocycles. The summed E-state index contributed by atoms with van der Waals surface area (Å²) < 4.78 is 5.23. The van der Waals surface area contributed by atoms with E-state index in [0.29, 0.717) is 11.6 Å². The van der Waals surface area contributed by atoms with E-state index in [9.17, 15) is 0 Å². The number of nitrogens with one attached hydrogen (secondary N) is 2. The van der Waals surface area contributed by atoms with Gasteiger partial charge in [-0.3, -0.25) is 9.89 Å². The number of aliphatic imine (C=N–C) groups is 1. The van der Waals surface area contributed by atoms with Crippen molar-refractivity contribution < 1.29 is 4.74 Å². The van der Waals surface area contributed by atoms with Crippen molar-refractivity contribution in [3.8, 4) is 0 Å². The molecule has 0 aromatic heterocycles. The number of piperidine rings is 1. The van der Waals surface area contributed by atoms with Gasteiger partial charge in [-0.1, -0.05) is 19.3 Å². The number of thioether (sulfide) groups is 1. The molecule has 3 rings (SSSR count). The Morgan fingerprint density at radius 3 is 2.48 bits per heavy atom. The molecule has 0 spiro atoms. The average molecular weight is 426 g/mol. The van der Waals surface area contributed by atoms with Gasteiger partial charge in [0.1, 0.15) is 0 Å². The lowest BCUT2D eigenvalue weighted by Crippen LogP contribution is -2.56. The van der Waals surface area contributed by atoms with Gasteiger partial charge < -0.3 is 20.3 Å². The molecule has 6 nitrogen and oxygen atoms in total. The van der Waals surface area contributed by atoms with Crippen LogP contribution in [-0.2, 0) is 4.74 Å². The van der Waals surface area contributed by atoms with Crippen LogP contribution in [0.15, 0.2) is 4.99 Å². The maximum absolute atomic E-state index is 5.23. The van der Waals surface area contributed by atoms with E-state index >= 15 is 0 Å². The minimum Gasteiger partial charge on any atom is -0.383 e. The first-order chi connectivity index (χ1) is 14.3. The van der Waals surface area contributed by atoms with Crippen molar-refractivity contribution in [1.82, 2.24) is 20.4 Å². The molecule has 1 saturated carbocycles. The van der Waals surface area contributed by atoms with Crippen LogP contribution in [0.2, 0.25) is 0 Å². The van der Waals surface area contributed by atoms with Gasteiger partial charge >= 0.3 is 0 Å². The SMILES string of the molecule is CCNC(=NCC1(N2CCSCC2)CCCCC1)NC1CCN(CCOC)CC1. The van der Waals surface area contributed by atoms with Gasteiger partial charge in [-0.25, -0.2) is 0 Å². The number of ether oxygens (including phenoxy) is 1. The highest BCUT2D eigenvalue weighted by Gasteiger charge is 2.38. The molecule has 0 aromatic rings. The van der Waals surface area contributed by atoms with Crippen LogP contribution in [0, 0.1) is 0 Å². The second-order valence-corrected chi connectivity index (χ2v) is 10.1. The highest BCUT2D eigenvalue weighted by molar-refractivity contribution is 7.99. The summed E-state index contributed by atoms with van der Waals surface area (Å²) in [6.07, 6.45) is 9.13. The number of methoxy groups -OCH3 is 1. The van der Waals surface area contributed by atoms with Crippen molar-refractivity contribution in [2.24, 2.45) is 4.99 Å². The van der Waals surface area contributed by atoms with Crippen LogP contribution in [0.25, 0.3) is 0 Å². The number of rotatable bonds is 8. The van der Waals surface area contributed by atoms with Crippen LogP contribution < -0.4 is 10.6 Å². The number of guanidine groups is 1. The Morgan fingerprint density at radius 2 is 1.83 bits per heavy atom. The first-order valence-electron chi connectivity index (χ1n) is 11.8. The summed E-state index contributed by atoms with van der Waals surface area (Å²) in [4.78, 5) is 10.5. The molecular weight excluding hydrogens is 382 g/mol.